The molecule has 2 heterocycles. The van der Waals surface area contributed by atoms with Gasteiger partial charge in [-0.1, -0.05) is 25.6 Å². The zero-order valence-electron chi connectivity index (χ0n) is 13.4. The van der Waals surface area contributed by atoms with Crippen molar-refractivity contribution in [2.45, 2.75) is 44.8 Å². The van der Waals surface area contributed by atoms with Crippen molar-refractivity contribution in [2.24, 2.45) is 5.92 Å². The van der Waals surface area contributed by atoms with E-state index >= 15 is 0 Å². The van der Waals surface area contributed by atoms with Crippen molar-refractivity contribution in [3.8, 4) is 10.8 Å². The van der Waals surface area contributed by atoms with E-state index in [2.05, 4.69) is 28.5 Å². The number of amides is 1. The number of nitrogens with one attached hydrogen (secondary N) is 1. The molecule has 0 unspecified atom stereocenters. The van der Waals surface area contributed by atoms with Gasteiger partial charge in [-0.05, 0) is 43.2 Å². The van der Waals surface area contributed by atoms with Crippen LogP contribution in [-0.2, 0) is 17.6 Å². The Morgan fingerprint density at radius 1 is 1.52 bits per heavy atom. The summed E-state index contributed by atoms with van der Waals surface area (Å²) in [5.74, 6) is 1.62. The topological polar surface area (TPSA) is 68.0 Å². The smallest absolute Gasteiger partial charge is 0.277 e. The van der Waals surface area contributed by atoms with Gasteiger partial charge in [-0.25, -0.2) is 0 Å². The molecule has 7 heteroatoms. The maximum Gasteiger partial charge on any atom is 0.277 e. The van der Waals surface area contributed by atoms with Gasteiger partial charge in [-0.15, -0.1) is 21.5 Å². The average molecular weight is 351 g/mol. The van der Waals surface area contributed by atoms with E-state index in [0.29, 0.717) is 23.4 Å². The Morgan fingerprint density at radius 2 is 2.39 bits per heavy atom. The fourth-order valence-corrected chi connectivity index (χ4v) is 4.34. The molecule has 0 bridgehead atoms. The van der Waals surface area contributed by atoms with Gasteiger partial charge in [0.1, 0.15) is 0 Å². The molecule has 1 atom stereocenters. The zero-order valence-corrected chi connectivity index (χ0v) is 15.1. The molecule has 2 aromatic rings. The standard InChI is InChI=1S/C16H21N3O2S2/c1-3-6-17-14(20)9-22-16-19-18-15(21-16)13-8-11-7-10(2)4-5-12(11)23-13/h8,10H,3-7,9H2,1-2H3,(H,17,20)/t10-/m1/s1. The predicted molar refractivity (Wildman–Crippen MR) is 92.8 cm³/mol. The molecule has 0 saturated carbocycles. The van der Waals surface area contributed by atoms with Crippen molar-refractivity contribution in [1.29, 1.82) is 0 Å². The van der Waals surface area contributed by atoms with Gasteiger partial charge in [0.2, 0.25) is 5.91 Å². The molecule has 0 spiro atoms. The molecule has 0 radical (unpaired) electrons. The van der Waals surface area contributed by atoms with Crippen LogP contribution in [0.25, 0.3) is 10.8 Å². The first-order valence-electron chi connectivity index (χ1n) is 8.00. The summed E-state index contributed by atoms with van der Waals surface area (Å²) in [5.41, 5.74) is 1.43. The minimum absolute atomic E-state index is 0.00262. The Hall–Kier alpha value is -1.34. The number of rotatable bonds is 6. The van der Waals surface area contributed by atoms with Gasteiger partial charge in [-0.3, -0.25) is 4.79 Å². The molecule has 0 fully saturated rings. The molecule has 0 aromatic carbocycles. The summed E-state index contributed by atoms with van der Waals surface area (Å²) < 4.78 is 5.70. The molecule has 0 aliphatic heterocycles. The quantitative estimate of drug-likeness (QED) is 0.806. The van der Waals surface area contributed by atoms with Crippen LogP contribution in [0.15, 0.2) is 15.7 Å². The molecule has 1 aliphatic carbocycles. The number of hydrogen-bond donors (Lipinski definition) is 1. The third-order valence-electron chi connectivity index (χ3n) is 3.85. The van der Waals surface area contributed by atoms with Crippen molar-refractivity contribution < 1.29 is 9.21 Å². The van der Waals surface area contributed by atoms with E-state index in [9.17, 15) is 4.79 Å². The highest BCUT2D eigenvalue weighted by Crippen LogP contribution is 2.37. The third-order valence-corrected chi connectivity index (χ3v) is 5.89. The second-order valence-electron chi connectivity index (χ2n) is 5.92. The van der Waals surface area contributed by atoms with Crippen molar-refractivity contribution in [1.82, 2.24) is 15.5 Å². The van der Waals surface area contributed by atoms with E-state index in [-0.39, 0.29) is 5.91 Å². The number of aryl methyl sites for hydroxylation is 1. The van der Waals surface area contributed by atoms with Crippen molar-refractivity contribution in [3.63, 3.8) is 0 Å². The number of thiophene rings is 1. The minimum atomic E-state index is -0.00262. The van der Waals surface area contributed by atoms with E-state index < -0.39 is 0 Å². The van der Waals surface area contributed by atoms with E-state index in [1.807, 2.05) is 6.92 Å². The normalized spacial score (nSPS) is 17.0. The largest absolute Gasteiger partial charge is 0.410 e. The highest BCUT2D eigenvalue weighted by Gasteiger charge is 2.21. The molecule has 0 saturated heterocycles. The molecule has 1 amide bonds. The lowest BCUT2D eigenvalue weighted by Gasteiger charge is -2.16. The lowest BCUT2D eigenvalue weighted by molar-refractivity contribution is -0.118. The van der Waals surface area contributed by atoms with Gasteiger partial charge in [0, 0.05) is 11.4 Å². The van der Waals surface area contributed by atoms with Gasteiger partial charge >= 0.3 is 0 Å². The summed E-state index contributed by atoms with van der Waals surface area (Å²) in [6.07, 6.45) is 4.47. The van der Waals surface area contributed by atoms with E-state index in [1.165, 1.54) is 28.6 Å². The maximum absolute atomic E-state index is 11.6. The Morgan fingerprint density at radius 3 is 3.22 bits per heavy atom. The first-order chi connectivity index (χ1) is 11.2. The molecule has 124 valence electrons. The van der Waals surface area contributed by atoms with E-state index in [4.69, 9.17) is 4.42 Å². The van der Waals surface area contributed by atoms with Gasteiger partial charge in [0.25, 0.3) is 11.1 Å². The zero-order chi connectivity index (χ0) is 16.2. The maximum atomic E-state index is 11.6. The Bertz CT molecular complexity index is 681. The molecule has 1 N–H and O–H groups in total. The first kappa shape index (κ1) is 16.5. The lowest BCUT2D eigenvalue weighted by Crippen LogP contribution is -2.25. The van der Waals surface area contributed by atoms with Gasteiger partial charge < -0.3 is 9.73 Å². The van der Waals surface area contributed by atoms with Gasteiger partial charge in [0.15, 0.2) is 0 Å². The molecule has 23 heavy (non-hydrogen) atoms. The lowest BCUT2D eigenvalue weighted by atomic mass is 9.90. The fraction of sp³-hybridized carbons (Fsp3) is 0.562. The number of thioether (sulfide) groups is 1. The van der Waals surface area contributed by atoms with Crippen LogP contribution in [0.2, 0.25) is 0 Å². The summed E-state index contributed by atoms with van der Waals surface area (Å²) in [6, 6.07) is 2.19. The monoisotopic (exact) mass is 351 g/mol. The Kier molecular flexibility index (Phi) is 5.38. The van der Waals surface area contributed by atoms with Crippen LogP contribution < -0.4 is 5.32 Å². The number of hydrogen-bond acceptors (Lipinski definition) is 6. The average Bonchev–Trinajstić information content (AvgIpc) is 3.16. The van der Waals surface area contributed by atoms with Crippen LogP contribution >= 0.6 is 23.1 Å². The van der Waals surface area contributed by atoms with Crippen LogP contribution in [0, 0.1) is 5.92 Å². The molecular weight excluding hydrogens is 330 g/mol. The van der Waals surface area contributed by atoms with Crippen molar-refractivity contribution >= 4 is 29.0 Å². The van der Waals surface area contributed by atoms with E-state index in [1.54, 1.807) is 11.3 Å². The van der Waals surface area contributed by atoms with Gasteiger partial charge in [-0.2, -0.15) is 0 Å². The van der Waals surface area contributed by atoms with E-state index in [0.717, 1.165) is 30.1 Å². The van der Waals surface area contributed by atoms with Crippen molar-refractivity contribution in [3.05, 3.63) is 16.5 Å². The van der Waals surface area contributed by atoms with Crippen LogP contribution in [0.4, 0.5) is 0 Å². The first-order valence-corrected chi connectivity index (χ1v) is 9.81. The second-order valence-corrected chi connectivity index (χ2v) is 7.98. The highest BCUT2D eigenvalue weighted by molar-refractivity contribution is 7.99. The fourth-order valence-electron chi connectivity index (χ4n) is 2.62. The number of fused-ring (bicyclic) bond motifs is 1. The molecule has 1 aliphatic rings. The van der Waals surface area contributed by atoms with Crippen LogP contribution in [0.3, 0.4) is 0 Å². The summed E-state index contributed by atoms with van der Waals surface area (Å²) in [4.78, 5) is 14.1. The number of nitrogens with zero attached hydrogens (tertiary/aromatic N) is 2. The molecule has 3 rings (SSSR count). The summed E-state index contributed by atoms with van der Waals surface area (Å²) in [7, 11) is 0. The summed E-state index contributed by atoms with van der Waals surface area (Å²) in [5, 5.41) is 11.5. The number of carbonyl (C=O) groups is 1. The van der Waals surface area contributed by atoms with Gasteiger partial charge in [0.05, 0.1) is 10.6 Å². The minimum Gasteiger partial charge on any atom is -0.410 e. The number of carbonyl (C=O) groups excluding carboxylic acids is 1. The second kappa shape index (κ2) is 7.49. The van der Waals surface area contributed by atoms with Crippen molar-refractivity contribution in [2.75, 3.05) is 12.3 Å². The Labute approximate surface area is 144 Å². The summed E-state index contributed by atoms with van der Waals surface area (Å²) in [6.45, 7) is 5.03. The highest BCUT2D eigenvalue weighted by atomic mass is 32.2. The van der Waals surface area contributed by atoms with Crippen LogP contribution in [0.1, 0.15) is 37.1 Å². The summed E-state index contributed by atoms with van der Waals surface area (Å²) >= 11 is 3.04. The molecule has 5 nitrogen and oxygen atoms in total. The van der Waals surface area contributed by atoms with Crippen LogP contribution in [0.5, 0.6) is 0 Å². The predicted octanol–water partition coefficient (Wildman–Crippen LogP) is 3.54. The SMILES string of the molecule is CCCNC(=O)CSc1nnc(-c2cc3c(s2)CC[C@@H](C)C3)o1. The van der Waals surface area contributed by atoms with Crippen LogP contribution in [-0.4, -0.2) is 28.4 Å². The molecular formula is C16H21N3O2S2. The number of aromatic nitrogens is 2. The molecule has 2 aromatic heterocycles. The Balaban J connectivity index is 1.62. The third kappa shape index (κ3) is 4.14.